The fourth-order valence-corrected chi connectivity index (χ4v) is 2.68. The van der Waals surface area contributed by atoms with E-state index in [1.54, 1.807) is 0 Å². The number of allylic oxidation sites excluding steroid dienone is 2. The first-order valence-electron chi connectivity index (χ1n) is 11.2. The number of carboxylic acid groups (broad SMARTS) is 1. The number of carboxylic acids is 1. The quantitative estimate of drug-likeness (QED) is 0.192. The van der Waals surface area contributed by atoms with Crippen LogP contribution in [0.1, 0.15) is 96.8 Å². The number of hydrogen-bond acceptors (Lipinski definition) is 4. The normalized spacial score (nSPS) is 10.8. The van der Waals surface area contributed by atoms with Gasteiger partial charge in [-0.1, -0.05) is 70.4 Å². The summed E-state index contributed by atoms with van der Waals surface area (Å²) < 4.78 is 0. The van der Waals surface area contributed by atoms with Crippen LogP contribution in [0.5, 0.6) is 0 Å². The Balaban J connectivity index is 0. The SMILES string of the molecule is CCCCCCCCC=CCCCCCCCC(=O)O.NCCNCCN. The van der Waals surface area contributed by atoms with Gasteiger partial charge in [-0.05, 0) is 32.1 Å². The van der Waals surface area contributed by atoms with Gasteiger partial charge in [0.05, 0.1) is 0 Å². The Morgan fingerprint density at radius 3 is 1.67 bits per heavy atom. The molecule has 0 aliphatic rings. The topological polar surface area (TPSA) is 101 Å². The Hall–Kier alpha value is -0.910. The molecule has 0 unspecified atom stereocenters. The van der Waals surface area contributed by atoms with Crippen LogP contribution in [0.3, 0.4) is 0 Å². The Morgan fingerprint density at radius 2 is 1.22 bits per heavy atom. The van der Waals surface area contributed by atoms with Gasteiger partial charge in [0.15, 0.2) is 0 Å². The van der Waals surface area contributed by atoms with Crippen LogP contribution in [0, 0.1) is 0 Å². The van der Waals surface area contributed by atoms with Crippen LogP contribution in [0.2, 0.25) is 0 Å². The summed E-state index contributed by atoms with van der Waals surface area (Å²) in [7, 11) is 0. The van der Waals surface area contributed by atoms with E-state index in [1.165, 1.54) is 70.6 Å². The van der Waals surface area contributed by atoms with E-state index in [2.05, 4.69) is 24.4 Å². The second-order valence-corrected chi connectivity index (χ2v) is 7.06. The first-order valence-corrected chi connectivity index (χ1v) is 11.2. The van der Waals surface area contributed by atoms with Gasteiger partial charge in [-0.3, -0.25) is 4.79 Å². The predicted octanol–water partition coefficient (Wildman–Crippen LogP) is 4.60. The molecule has 0 aliphatic heterocycles. The minimum atomic E-state index is -0.664. The summed E-state index contributed by atoms with van der Waals surface area (Å²) >= 11 is 0. The highest BCUT2D eigenvalue weighted by Crippen LogP contribution is 2.09. The molecule has 6 N–H and O–H groups in total. The molecule has 0 amide bonds. The highest BCUT2D eigenvalue weighted by Gasteiger charge is 1.95. The van der Waals surface area contributed by atoms with Gasteiger partial charge >= 0.3 is 5.97 Å². The van der Waals surface area contributed by atoms with Crippen LogP contribution < -0.4 is 16.8 Å². The van der Waals surface area contributed by atoms with Crippen LogP contribution in [-0.2, 0) is 4.79 Å². The minimum absolute atomic E-state index is 0.332. The van der Waals surface area contributed by atoms with Gasteiger partial charge in [0.25, 0.3) is 0 Å². The number of carbonyl (C=O) groups is 1. The van der Waals surface area contributed by atoms with Crippen LogP contribution in [0.15, 0.2) is 12.2 Å². The van der Waals surface area contributed by atoms with Crippen molar-refractivity contribution in [2.24, 2.45) is 11.5 Å². The van der Waals surface area contributed by atoms with E-state index < -0.39 is 5.97 Å². The lowest BCUT2D eigenvalue weighted by Crippen LogP contribution is -2.27. The maximum atomic E-state index is 10.3. The molecule has 0 aliphatic carbocycles. The summed E-state index contributed by atoms with van der Waals surface area (Å²) in [5, 5.41) is 11.5. The first kappa shape index (κ1) is 28.3. The second-order valence-electron chi connectivity index (χ2n) is 7.06. The Morgan fingerprint density at radius 1 is 0.778 bits per heavy atom. The second kappa shape index (κ2) is 27.3. The van der Waals surface area contributed by atoms with E-state index >= 15 is 0 Å². The molecule has 27 heavy (non-hydrogen) atoms. The van der Waals surface area contributed by atoms with Crippen molar-refractivity contribution >= 4 is 5.97 Å². The van der Waals surface area contributed by atoms with Gasteiger partial charge in [-0.2, -0.15) is 0 Å². The molecule has 0 aromatic carbocycles. The van der Waals surface area contributed by atoms with Gasteiger partial charge in [-0.15, -0.1) is 0 Å². The molecule has 0 aromatic rings. The lowest BCUT2D eigenvalue weighted by molar-refractivity contribution is -0.137. The van der Waals surface area contributed by atoms with Crippen molar-refractivity contribution in [3.05, 3.63) is 12.2 Å². The Kier molecular flexibility index (Phi) is 28.6. The molecular weight excluding hydrogens is 338 g/mol. The van der Waals surface area contributed by atoms with Crippen molar-refractivity contribution in [1.82, 2.24) is 5.32 Å². The zero-order valence-electron chi connectivity index (χ0n) is 17.9. The molecule has 5 heteroatoms. The highest BCUT2D eigenvalue weighted by molar-refractivity contribution is 5.66. The first-order chi connectivity index (χ1) is 13.2. The smallest absolute Gasteiger partial charge is 0.303 e. The largest absolute Gasteiger partial charge is 0.481 e. The van der Waals surface area contributed by atoms with Crippen LogP contribution in [-0.4, -0.2) is 37.3 Å². The van der Waals surface area contributed by atoms with Crippen molar-refractivity contribution in [3.8, 4) is 0 Å². The number of nitrogens with one attached hydrogen (secondary N) is 1. The Labute approximate surface area is 168 Å². The van der Waals surface area contributed by atoms with E-state index in [4.69, 9.17) is 16.6 Å². The number of unbranched alkanes of at least 4 members (excludes halogenated alkanes) is 11. The van der Waals surface area contributed by atoms with E-state index in [1.807, 2.05) is 0 Å². The van der Waals surface area contributed by atoms with Crippen LogP contribution >= 0.6 is 0 Å². The van der Waals surface area contributed by atoms with Gasteiger partial charge in [0.2, 0.25) is 0 Å². The summed E-state index contributed by atoms with van der Waals surface area (Å²) in [5.74, 6) is -0.664. The summed E-state index contributed by atoms with van der Waals surface area (Å²) in [6, 6.07) is 0. The third-order valence-corrected chi connectivity index (χ3v) is 4.29. The fourth-order valence-electron chi connectivity index (χ4n) is 2.68. The highest BCUT2D eigenvalue weighted by atomic mass is 16.4. The third kappa shape index (κ3) is 33.1. The molecule has 0 aromatic heterocycles. The molecular formula is C22H47N3O2. The molecule has 0 heterocycles. The zero-order chi connectivity index (χ0) is 20.4. The van der Waals surface area contributed by atoms with E-state index in [-0.39, 0.29) is 0 Å². The monoisotopic (exact) mass is 385 g/mol. The van der Waals surface area contributed by atoms with Crippen molar-refractivity contribution in [3.63, 3.8) is 0 Å². The summed E-state index contributed by atoms with van der Waals surface area (Å²) in [6.45, 7) is 5.39. The maximum absolute atomic E-state index is 10.3. The van der Waals surface area contributed by atoms with Crippen molar-refractivity contribution in [1.29, 1.82) is 0 Å². The summed E-state index contributed by atoms with van der Waals surface area (Å²) in [6.07, 6.45) is 21.2. The van der Waals surface area contributed by atoms with Gasteiger partial charge in [-0.25, -0.2) is 0 Å². The van der Waals surface area contributed by atoms with Crippen molar-refractivity contribution in [2.75, 3.05) is 26.2 Å². The summed E-state index contributed by atoms with van der Waals surface area (Å²) in [4.78, 5) is 10.3. The lowest BCUT2D eigenvalue weighted by atomic mass is 10.1. The van der Waals surface area contributed by atoms with Crippen molar-refractivity contribution in [2.45, 2.75) is 96.8 Å². The maximum Gasteiger partial charge on any atom is 0.303 e. The van der Waals surface area contributed by atoms with E-state index in [9.17, 15) is 4.79 Å². The van der Waals surface area contributed by atoms with E-state index in [0.29, 0.717) is 19.5 Å². The van der Waals surface area contributed by atoms with Gasteiger partial charge in [0.1, 0.15) is 0 Å². The number of hydrogen-bond donors (Lipinski definition) is 4. The summed E-state index contributed by atoms with van der Waals surface area (Å²) in [5.41, 5.74) is 10.3. The predicted molar refractivity (Wildman–Crippen MR) is 118 cm³/mol. The molecule has 0 fully saturated rings. The lowest BCUT2D eigenvalue weighted by Gasteiger charge is -1.99. The molecule has 5 nitrogen and oxygen atoms in total. The van der Waals surface area contributed by atoms with Gasteiger partial charge < -0.3 is 21.9 Å². The fraction of sp³-hybridized carbons (Fsp3) is 0.864. The van der Waals surface area contributed by atoms with Gasteiger partial charge in [0, 0.05) is 32.6 Å². The minimum Gasteiger partial charge on any atom is -0.481 e. The van der Waals surface area contributed by atoms with Crippen LogP contribution in [0.25, 0.3) is 0 Å². The molecule has 162 valence electrons. The molecule has 0 radical (unpaired) electrons. The molecule has 0 spiro atoms. The number of rotatable bonds is 19. The third-order valence-electron chi connectivity index (χ3n) is 4.29. The molecule has 0 saturated heterocycles. The molecule has 0 rings (SSSR count). The molecule has 0 saturated carbocycles. The number of aliphatic carboxylic acids is 1. The zero-order valence-corrected chi connectivity index (χ0v) is 17.9. The molecule has 0 atom stereocenters. The van der Waals surface area contributed by atoms with Crippen molar-refractivity contribution < 1.29 is 9.90 Å². The standard InChI is InChI=1S/C18H34O2.C4H13N3/c1-2-3-4-5-6-7-8-9-10-11-12-13-14-15-16-17-18(19)20;5-1-3-7-4-2-6/h9-10H,2-8,11-17H2,1H3,(H,19,20);7H,1-6H2. The number of nitrogens with two attached hydrogens (primary N) is 2. The average molecular weight is 386 g/mol. The average Bonchev–Trinajstić information content (AvgIpc) is 2.65. The van der Waals surface area contributed by atoms with E-state index in [0.717, 1.165) is 25.9 Å². The Bertz CT molecular complexity index is 306. The molecule has 0 bridgehead atoms. The van der Waals surface area contributed by atoms with Crippen LogP contribution in [0.4, 0.5) is 0 Å².